The minimum Gasteiger partial charge on any atom is -0.393 e. The number of aromatic amines is 1. The minimum absolute atomic E-state index is 0.149. The first-order valence-corrected chi connectivity index (χ1v) is 5.20. The molecule has 0 aliphatic heterocycles. The first-order chi connectivity index (χ1) is 7.24. The lowest BCUT2D eigenvalue weighted by atomic mass is 10.1. The molecular formula is C10H15N3O2. The molecule has 0 bridgehead atoms. The van der Waals surface area contributed by atoms with E-state index in [1.54, 1.807) is 0 Å². The Labute approximate surface area is 87.6 Å². The van der Waals surface area contributed by atoms with Crippen LogP contribution in [-0.4, -0.2) is 27.7 Å². The first-order valence-electron chi connectivity index (χ1n) is 5.20. The van der Waals surface area contributed by atoms with Crippen LogP contribution in [0, 0.1) is 5.92 Å². The Balaban J connectivity index is 1.85. The van der Waals surface area contributed by atoms with Crippen molar-refractivity contribution in [2.24, 2.45) is 5.92 Å². The van der Waals surface area contributed by atoms with Gasteiger partial charge in [-0.25, -0.2) is 4.98 Å². The molecule has 0 amide bonds. The van der Waals surface area contributed by atoms with Crippen molar-refractivity contribution >= 4 is 5.82 Å². The second-order valence-corrected chi connectivity index (χ2v) is 4.01. The maximum Gasteiger partial charge on any atom is 0.252 e. The summed E-state index contributed by atoms with van der Waals surface area (Å²) in [6.45, 7) is 0.771. The molecule has 0 radical (unpaired) electrons. The molecule has 82 valence electrons. The van der Waals surface area contributed by atoms with Gasteiger partial charge >= 0.3 is 0 Å². The number of hydrogen-bond acceptors (Lipinski definition) is 4. The predicted octanol–water partition coefficient (Wildman–Crippen LogP) is 0.343. The molecule has 1 aromatic rings. The summed E-state index contributed by atoms with van der Waals surface area (Å²) < 4.78 is 0. The van der Waals surface area contributed by atoms with Crippen LogP contribution in [0.1, 0.15) is 19.3 Å². The highest BCUT2D eigenvalue weighted by atomic mass is 16.3. The Hall–Kier alpha value is -1.36. The van der Waals surface area contributed by atoms with Crippen LogP contribution in [0.15, 0.2) is 17.2 Å². The van der Waals surface area contributed by atoms with Crippen LogP contribution < -0.4 is 10.9 Å². The number of aromatic nitrogens is 2. The second kappa shape index (κ2) is 4.44. The number of rotatable bonds is 3. The second-order valence-electron chi connectivity index (χ2n) is 4.01. The molecule has 2 rings (SSSR count). The summed E-state index contributed by atoms with van der Waals surface area (Å²) in [4.78, 5) is 17.4. The Morgan fingerprint density at radius 3 is 3.13 bits per heavy atom. The average Bonchev–Trinajstić information content (AvgIpc) is 2.62. The highest BCUT2D eigenvalue weighted by molar-refractivity contribution is 5.31. The molecule has 1 aliphatic rings. The smallest absolute Gasteiger partial charge is 0.252 e. The molecule has 5 heteroatoms. The summed E-state index contributed by atoms with van der Waals surface area (Å²) >= 11 is 0. The Morgan fingerprint density at radius 1 is 1.60 bits per heavy atom. The molecule has 1 saturated carbocycles. The van der Waals surface area contributed by atoms with Crippen molar-refractivity contribution in [3.8, 4) is 0 Å². The average molecular weight is 209 g/mol. The van der Waals surface area contributed by atoms with Crippen LogP contribution in [-0.2, 0) is 0 Å². The molecule has 1 aromatic heterocycles. The number of aliphatic hydroxyl groups is 1. The predicted molar refractivity (Wildman–Crippen MR) is 56.7 cm³/mol. The van der Waals surface area contributed by atoms with Crippen molar-refractivity contribution in [2.75, 3.05) is 11.9 Å². The fourth-order valence-electron chi connectivity index (χ4n) is 1.95. The molecule has 1 aliphatic carbocycles. The van der Waals surface area contributed by atoms with Crippen molar-refractivity contribution < 1.29 is 5.11 Å². The van der Waals surface area contributed by atoms with Crippen LogP contribution >= 0.6 is 0 Å². The Kier molecular flexibility index (Phi) is 3.01. The van der Waals surface area contributed by atoms with Gasteiger partial charge in [-0.2, -0.15) is 0 Å². The van der Waals surface area contributed by atoms with Gasteiger partial charge < -0.3 is 15.4 Å². The molecule has 5 nitrogen and oxygen atoms in total. The first kappa shape index (κ1) is 10.2. The molecule has 3 N–H and O–H groups in total. The number of anilines is 1. The molecule has 15 heavy (non-hydrogen) atoms. The van der Waals surface area contributed by atoms with Gasteiger partial charge in [0.25, 0.3) is 5.56 Å². The van der Waals surface area contributed by atoms with E-state index in [0.29, 0.717) is 11.7 Å². The van der Waals surface area contributed by atoms with E-state index in [0.717, 1.165) is 25.8 Å². The van der Waals surface area contributed by atoms with Gasteiger partial charge in [-0.3, -0.25) is 4.79 Å². The fourth-order valence-corrected chi connectivity index (χ4v) is 1.95. The molecule has 0 saturated heterocycles. The zero-order chi connectivity index (χ0) is 10.7. The lowest BCUT2D eigenvalue weighted by Gasteiger charge is -2.10. The number of hydrogen-bond donors (Lipinski definition) is 3. The fraction of sp³-hybridized carbons (Fsp3) is 0.600. The van der Waals surface area contributed by atoms with Gasteiger partial charge in [-0.15, -0.1) is 0 Å². The van der Waals surface area contributed by atoms with Gasteiger partial charge in [0.05, 0.1) is 12.4 Å². The third kappa shape index (κ3) is 2.79. The number of aliphatic hydroxyl groups excluding tert-OH is 1. The van der Waals surface area contributed by atoms with Gasteiger partial charge in [0.2, 0.25) is 0 Å². The quantitative estimate of drug-likeness (QED) is 0.671. The number of nitrogens with one attached hydrogen (secondary N) is 2. The van der Waals surface area contributed by atoms with E-state index in [-0.39, 0.29) is 11.7 Å². The van der Waals surface area contributed by atoms with Crippen molar-refractivity contribution in [1.29, 1.82) is 0 Å². The van der Waals surface area contributed by atoms with Crippen molar-refractivity contribution in [2.45, 2.75) is 25.4 Å². The lowest BCUT2D eigenvalue weighted by Crippen LogP contribution is -2.15. The summed E-state index contributed by atoms with van der Waals surface area (Å²) in [6, 6.07) is 1.44. The number of nitrogens with zero attached hydrogens (tertiary/aromatic N) is 1. The molecule has 0 spiro atoms. The molecule has 1 fully saturated rings. The summed E-state index contributed by atoms with van der Waals surface area (Å²) in [5.74, 6) is 1.08. The van der Waals surface area contributed by atoms with Crippen LogP contribution in [0.5, 0.6) is 0 Å². The summed E-state index contributed by atoms with van der Waals surface area (Å²) in [5.41, 5.74) is -0.154. The van der Waals surface area contributed by atoms with E-state index in [9.17, 15) is 9.90 Å². The zero-order valence-corrected chi connectivity index (χ0v) is 8.44. The monoisotopic (exact) mass is 209 g/mol. The lowest BCUT2D eigenvalue weighted by molar-refractivity contribution is 0.178. The Morgan fingerprint density at radius 2 is 2.47 bits per heavy atom. The highest BCUT2D eigenvalue weighted by Crippen LogP contribution is 2.25. The van der Waals surface area contributed by atoms with Gasteiger partial charge in [0.1, 0.15) is 5.82 Å². The third-order valence-corrected chi connectivity index (χ3v) is 2.76. The SMILES string of the molecule is O=c1cc(NCC2CCC(O)C2)nc[nH]1. The minimum atomic E-state index is -0.154. The van der Waals surface area contributed by atoms with E-state index >= 15 is 0 Å². The third-order valence-electron chi connectivity index (χ3n) is 2.76. The molecule has 1 heterocycles. The van der Waals surface area contributed by atoms with Crippen LogP contribution in [0.2, 0.25) is 0 Å². The summed E-state index contributed by atoms with van der Waals surface area (Å²) in [5, 5.41) is 12.4. The normalized spacial score (nSPS) is 25.4. The van der Waals surface area contributed by atoms with E-state index in [4.69, 9.17) is 0 Å². The molecule has 0 aromatic carbocycles. The standard InChI is InChI=1S/C10H15N3O2/c14-8-2-1-7(3-8)5-11-9-4-10(15)13-6-12-9/h4,6-8,14H,1-3,5H2,(H2,11,12,13,15). The highest BCUT2D eigenvalue weighted by Gasteiger charge is 2.22. The summed E-state index contributed by atoms with van der Waals surface area (Å²) in [7, 11) is 0. The van der Waals surface area contributed by atoms with E-state index < -0.39 is 0 Å². The molecular weight excluding hydrogens is 194 g/mol. The maximum atomic E-state index is 11.0. The van der Waals surface area contributed by atoms with Crippen molar-refractivity contribution in [3.05, 3.63) is 22.7 Å². The van der Waals surface area contributed by atoms with Crippen molar-refractivity contribution in [1.82, 2.24) is 9.97 Å². The van der Waals surface area contributed by atoms with Gasteiger partial charge in [-0.1, -0.05) is 0 Å². The largest absolute Gasteiger partial charge is 0.393 e. The zero-order valence-electron chi connectivity index (χ0n) is 8.44. The van der Waals surface area contributed by atoms with Crippen molar-refractivity contribution in [3.63, 3.8) is 0 Å². The van der Waals surface area contributed by atoms with Crippen LogP contribution in [0.25, 0.3) is 0 Å². The van der Waals surface area contributed by atoms with Crippen LogP contribution in [0.4, 0.5) is 5.82 Å². The van der Waals surface area contributed by atoms with Gasteiger partial charge in [0, 0.05) is 12.6 Å². The van der Waals surface area contributed by atoms with Gasteiger partial charge in [0.15, 0.2) is 0 Å². The molecule has 2 unspecified atom stereocenters. The van der Waals surface area contributed by atoms with E-state index in [1.807, 2.05) is 0 Å². The topological polar surface area (TPSA) is 78.0 Å². The summed E-state index contributed by atoms with van der Waals surface area (Å²) in [6.07, 6.45) is 4.00. The number of H-pyrrole nitrogens is 1. The van der Waals surface area contributed by atoms with Crippen LogP contribution in [0.3, 0.4) is 0 Å². The van der Waals surface area contributed by atoms with E-state index in [1.165, 1.54) is 12.4 Å². The molecule has 2 atom stereocenters. The Bertz CT molecular complexity index is 377. The van der Waals surface area contributed by atoms with Gasteiger partial charge in [-0.05, 0) is 25.2 Å². The van der Waals surface area contributed by atoms with E-state index in [2.05, 4.69) is 15.3 Å². The maximum absolute atomic E-state index is 11.0.